The molecule has 37 heavy (non-hydrogen) atoms. The lowest BCUT2D eigenvalue weighted by atomic mass is 9.69. The molecular weight excluding hydrogens is 472 g/mol. The maximum Gasteiger partial charge on any atom is 0.229 e. The highest BCUT2D eigenvalue weighted by Crippen LogP contribution is 2.48. The van der Waals surface area contributed by atoms with E-state index in [0.717, 1.165) is 16.7 Å². The van der Waals surface area contributed by atoms with Crippen molar-refractivity contribution in [2.24, 2.45) is 5.92 Å². The van der Waals surface area contributed by atoms with E-state index in [1.165, 1.54) is 26.4 Å². The standard InChI is InChI=1S/C30H30O7/c1-16(2)21-12-19-13-24(37-11-10-17(3)15-31)23(35-4)14-22(19)27-26(21)28(33)25(30(36-5)29(27)34)18-6-8-20(32)9-7-18/h6-10,13-14,21,31-32H,1,11-12,15H2,2-5H3/t21-/m1/s1. The Bertz CT molecular complexity index is 1370. The van der Waals surface area contributed by atoms with Crippen LogP contribution in [0.15, 0.2) is 71.5 Å². The summed E-state index contributed by atoms with van der Waals surface area (Å²) in [6.45, 7) is 7.95. The topological polar surface area (TPSA) is 102 Å². The summed E-state index contributed by atoms with van der Waals surface area (Å²) in [7, 11) is 2.88. The second-order valence-corrected chi connectivity index (χ2v) is 9.18. The largest absolute Gasteiger partial charge is 0.508 e. The van der Waals surface area contributed by atoms with Gasteiger partial charge in [-0.15, -0.1) is 0 Å². The summed E-state index contributed by atoms with van der Waals surface area (Å²) in [6.07, 6.45) is 2.24. The number of Topliss-reactive ketones (excluding diaryl/α,β-unsaturated/α-hetero) is 2. The Balaban J connectivity index is 1.88. The molecule has 2 aliphatic carbocycles. The summed E-state index contributed by atoms with van der Waals surface area (Å²) in [5, 5.41) is 18.9. The molecule has 0 heterocycles. The third kappa shape index (κ3) is 4.70. The van der Waals surface area contributed by atoms with Gasteiger partial charge in [0.15, 0.2) is 23.0 Å². The molecule has 0 radical (unpaired) electrons. The molecule has 2 aromatic carbocycles. The van der Waals surface area contributed by atoms with Gasteiger partial charge >= 0.3 is 0 Å². The Labute approximate surface area is 216 Å². The van der Waals surface area contributed by atoms with Crippen LogP contribution in [-0.2, 0) is 20.7 Å². The number of ether oxygens (including phenoxy) is 3. The minimum absolute atomic E-state index is 0.0494. The maximum atomic E-state index is 14.0. The number of aliphatic hydroxyl groups excluding tert-OH is 1. The molecule has 0 bridgehead atoms. The Morgan fingerprint density at radius 1 is 1.03 bits per heavy atom. The molecule has 4 rings (SSSR count). The fourth-order valence-corrected chi connectivity index (χ4v) is 4.74. The van der Waals surface area contributed by atoms with E-state index in [1.807, 2.05) is 13.0 Å². The molecule has 0 amide bonds. The Hall–Kier alpha value is -4.10. The number of hydrogen-bond acceptors (Lipinski definition) is 7. The Morgan fingerprint density at radius 2 is 1.73 bits per heavy atom. The highest BCUT2D eigenvalue weighted by molar-refractivity contribution is 6.48. The number of phenolic OH excluding ortho intramolecular Hbond substituents is 1. The van der Waals surface area contributed by atoms with E-state index in [-0.39, 0.29) is 47.6 Å². The number of fused-ring (bicyclic) bond motifs is 2. The summed E-state index contributed by atoms with van der Waals surface area (Å²) < 4.78 is 17.0. The number of aromatic hydroxyl groups is 1. The first kappa shape index (κ1) is 26.0. The minimum atomic E-state index is -0.399. The van der Waals surface area contributed by atoms with Crippen LogP contribution in [0.1, 0.15) is 30.5 Å². The molecule has 0 aromatic heterocycles. The van der Waals surface area contributed by atoms with Crippen molar-refractivity contribution in [3.63, 3.8) is 0 Å². The second kappa shape index (κ2) is 10.5. The van der Waals surface area contributed by atoms with Crippen molar-refractivity contribution in [3.8, 4) is 17.2 Å². The molecular formula is C30H30O7. The van der Waals surface area contributed by atoms with Crippen molar-refractivity contribution in [1.82, 2.24) is 0 Å². The van der Waals surface area contributed by atoms with Crippen LogP contribution in [0.5, 0.6) is 17.2 Å². The van der Waals surface area contributed by atoms with E-state index in [0.29, 0.717) is 34.6 Å². The normalized spacial score (nSPS) is 17.4. The molecule has 192 valence electrons. The van der Waals surface area contributed by atoms with Crippen LogP contribution in [0.2, 0.25) is 0 Å². The lowest BCUT2D eigenvalue weighted by Gasteiger charge is -2.34. The lowest BCUT2D eigenvalue weighted by Crippen LogP contribution is -2.32. The molecule has 0 saturated carbocycles. The number of methoxy groups -OCH3 is 2. The van der Waals surface area contributed by atoms with Crippen molar-refractivity contribution in [1.29, 1.82) is 0 Å². The minimum Gasteiger partial charge on any atom is -0.508 e. The van der Waals surface area contributed by atoms with Crippen LogP contribution in [0, 0.1) is 5.92 Å². The van der Waals surface area contributed by atoms with Crippen molar-refractivity contribution in [2.75, 3.05) is 27.4 Å². The van der Waals surface area contributed by atoms with Crippen LogP contribution in [0.25, 0.3) is 11.1 Å². The quantitative estimate of drug-likeness (QED) is 0.407. The lowest BCUT2D eigenvalue weighted by molar-refractivity contribution is -0.116. The van der Waals surface area contributed by atoms with E-state index >= 15 is 0 Å². The number of hydrogen-bond donors (Lipinski definition) is 2. The molecule has 2 aromatic rings. The zero-order valence-corrected chi connectivity index (χ0v) is 21.4. The number of rotatable bonds is 8. The van der Waals surface area contributed by atoms with Gasteiger partial charge in [0.2, 0.25) is 5.78 Å². The van der Waals surface area contributed by atoms with E-state index < -0.39 is 5.78 Å². The van der Waals surface area contributed by atoms with Gasteiger partial charge in [-0.3, -0.25) is 9.59 Å². The molecule has 1 atom stereocenters. The molecule has 0 unspecified atom stereocenters. The van der Waals surface area contributed by atoms with Crippen molar-refractivity contribution < 1.29 is 34.0 Å². The zero-order valence-electron chi connectivity index (χ0n) is 21.4. The second-order valence-electron chi connectivity index (χ2n) is 9.18. The van der Waals surface area contributed by atoms with Gasteiger partial charge in [-0.2, -0.15) is 0 Å². The van der Waals surface area contributed by atoms with Crippen molar-refractivity contribution in [2.45, 2.75) is 20.3 Å². The molecule has 0 spiro atoms. The smallest absolute Gasteiger partial charge is 0.229 e. The van der Waals surface area contributed by atoms with E-state index in [9.17, 15) is 19.8 Å². The molecule has 0 saturated heterocycles. The predicted octanol–water partition coefficient (Wildman–Crippen LogP) is 4.43. The summed E-state index contributed by atoms with van der Waals surface area (Å²) >= 11 is 0. The Kier molecular flexibility index (Phi) is 7.36. The van der Waals surface area contributed by atoms with Gasteiger partial charge in [-0.1, -0.05) is 24.3 Å². The number of carbonyl (C=O) groups excluding carboxylic acids is 2. The average Bonchev–Trinajstić information content (AvgIpc) is 2.89. The number of benzene rings is 2. The zero-order chi connectivity index (χ0) is 26.9. The van der Waals surface area contributed by atoms with Crippen LogP contribution in [0.4, 0.5) is 0 Å². The average molecular weight is 503 g/mol. The van der Waals surface area contributed by atoms with Crippen LogP contribution < -0.4 is 9.47 Å². The summed E-state index contributed by atoms with van der Waals surface area (Å²) in [5.41, 5.74) is 4.27. The monoisotopic (exact) mass is 502 g/mol. The predicted molar refractivity (Wildman–Crippen MR) is 140 cm³/mol. The van der Waals surface area contributed by atoms with Gasteiger partial charge in [-0.25, -0.2) is 0 Å². The number of ketones is 2. The van der Waals surface area contributed by atoms with Crippen LogP contribution >= 0.6 is 0 Å². The van der Waals surface area contributed by atoms with Gasteiger partial charge < -0.3 is 24.4 Å². The summed E-state index contributed by atoms with van der Waals surface area (Å²) in [5.74, 6) is -0.175. The summed E-state index contributed by atoms with van der Waals surface area (Å²) in [6, 6.07) is 9.67. The first-order valence-corrected chi connectivity index (χ1v) is 11.9. The molecule has 7 nitrogen and oxygen atoms in total. The Morgan fingerprint density at radius 3 is 2.32 bits per heavy atom. The first-order valence-electron chi connectivity index (χ1n) is 11.9. The third-order valence-electron chi connectivity index (χ3n) is 6.71. The van der Waals surface area contributed by atoms with Crippen LogP contribution in [0.3, 0.4) is 0 Å². The van der Waals surface area contributed by atoms with Gasteiger partial charge in [-0.05, 0) is 72.9 Å². The summed E-state index contributed by atoms with van der Waals surface area (Å²) in [4.78, 5) is 27.9. The number of allylic oxidation sites excluding steroid dienone is 4. The maximum absolute atomic E-state index is 14.0. The number of carbonyl (C=O) groups is 2. The molecule has 7 heteroatoms. The molecule has 0 aliphatic heterocycles. The first-order chi connectivity index (χ1) is 17.7. The van der Waals surface area contributed by atoms with E-state index in [2.05, 4.69) is 6.58 Å². The fourth-order valence-electron chi connectivity index (χ4n) is 4.74. The van der Waals surface area contributed by atoms with Gasteiger partial charge in [0.1, 0.15) is 12.4 Å². The molecule has 0 fully saturated rings. The fraction of sp³-hybridized carbons (Fsp3) is 0.267. The molecule has 2 aliphatic rings. The van der Waals surface area contributed by atoms with Gasteiger partial charge in [0.05, 0.1) is 26.4 Å². The third-order valence-corrected chi connectivity index (χ3v) is 6.71. The van der Waals surface area contributed by atoms with Gasteiger partial charge in [0.25, 0.3) is 0 Å². The SMILES string of the molecule is C=C(C)[C@H]1Cc2cc(OCC=C(C)CO)c(OC)cc2C2=C1C(=O)C(c1ccc(O)cc1)=C(OC)C2=O. The number of aliphatic hydroxyl groups is 1. The van der Waals surface area contributed by atoms with Crippen molar-refractivity contribution >= 4 is 22.7 Å². The van der Waals surface area contributed by atoms with Gasteiger partial charge in [0, 0.05) is 17.1 Å². The van der Waals surface area contributed by atoms with E-state index in [4.69, 9.17) is 14.2 Å². The molecule has 2 N–H and O–H groups in total. The number of phenols is 1. The van der Waals surface area contributed by atoms with Crippen molar-refractivity contribution in [3.05, 3.63) is 88.2 Å². The van der Waals surface area contributed by atoms with E-state index in [1.54, 1.807) is 31.2 Å². The highest BCUT2D eigenvalue weighted by Gasteiger charge is 2.43. The highest BCUT2D eigenvalue weighted by atomic mass is 16.5. The van der Waals surface area contributed by atoms with Crippen LogP contribution in [-0.4, -0.2) is 49.2 Å².